The van der Waals surface area contributed by atoms with Crippen LogP contribution in [0.1, 0.15) is 0 Å². The fourth-order valence-electron chi connectivity index (χ4n) is 2.96. The summed E-state index contributed by atoms with van der Waals surface area (Å²) in [7, 11) is -3.64. The Balaban J connectivity index is 1.80. The van der Waals surface area contributed by atoms with Gasteiger partial charge in [0, 0.05) is 23.3 Å². The van der Waals surface area contributed by atoms with Gasteiger partial charge in [-0.2, -0.15) is 0 Å². The van der Waals surface area contributed by atoms with Gasteiger partial charge in [0.2, 0.25) is 0 Å². The van der Waals surface area contributed by atoms with Gasteiger partial charge in [0.05, 0.1) is 21.1 Å². The molecule has 0 radical (unpaired) electrons. The molecule has 0 spiro atoms. The van der Waals surface area contributed by atoms with Crippen LogP contribution in [-0.2, 0) is 9.84 Å². The molecule has 0 fully saturated rings. The van der Waals surface area contributed by atoms with Gasteiger partial charge < -0.3 is 4.74 Å². The van der Waals surface area contributed by atoms with Crippen molar-refractivity contribution in [3.8, 4) is 22.8 Å². The first-order valence-corrected chi connectivity index (χ1v) is 10.9. The van der Waals surface area contributed by atoms with E-state index in [1.807, 2.05) is 0 Å². The lowest BCUT2D eigenvalue weighted by Gasteiger charge is -2.11. The Bertz CT molecular complexity index is 1390. The molecule has 0 bridgehead atoms. The number of para-hydroxylation sites is 1. The summed E-state index contributed by atoms with van der Waals surface area (Å²) in [5, 5.41) is 0.947. The third-order valence-corrected chi connectivity index (χ3v) is 5.71. The lowest BCUT2D eigenvalue weighted by Crippen LogP contribution is -1.99. The molecule has 0 aliphatic heterocycles. The average molecular weight is 447 g/mol. The summed E-state index contributed by atoms with van der Waals surface area (Å²) in [4.78, 5) is 8.09. The van der Waals surface area contributed by atoms with Crippen LogP contribution in [0.25, 0.3) is 22.2 Å². The van der Waals surface area contributed by atoms with Crippen LogP contribution in [0.2, 0.25) is 5.02 Å². The van der Waals surface area contributed by atoms with Crippen LogP contribution in [-0.4, -0.2) is 24.6 Å². The van der Waals surface area contributed by atoms with Crippen molar-refractivity contribution in [1.82, 2.24) is 9.97 Å². The van der Waals surface area contributed by atoms with Gasteiger partial charge in [-0.3, -0.25) is 0 Å². The van der Waals surface area contributed by atoms with Gasteiger partial charge in [-0.15, -0.1) is 0 Å². The van der Waals surface area contributed by atoms with Crippen LogP contribution in [0.15, 0.2) is 65.8 Å². The molecule has 5 nitrogen and oxygen atoms in total. The number of ether oxygens (including phenoxy) is 1. The zero-order valence-electron chi connectivity index (χ0n) is 15.4. The van der Waals surface area contributed by atoms with E-state index in [9.17, 15) is 17.2 Å². The summed E-state index contributed by atoms with van der Waals surface area (Å²) >= 11 is 6.17. The second kappa shape index (κ2) is 7.62. The molecule has 0 aliphatic carbocycles. The van der Waals surface area contributed by atoms with Crippen molar-refractivity contribution in [3.05, 3.63) is 77.6 Å². The fourth-order valence-corrected chi connectivity index (χ4v) is 3.84. The molecule has 0 saturated heterocycles. The highest BCUT2D eigenvalue weighted by Gasteiger charge is 2.15. The molecule has 1 heterocycles. The van der Waals surface area contributed by atoms with Gasteiger partial charge in [0.25, 0.3) is 0 Å². The highest BCUT2D eigenvalue weighted by molar-refractivity contribution is 7.90. The normalized spacial score (nSPS) is 11.6. The first-order chi connectivity index (χ1) is 14.2. The minimum Gasteiger partial charge on any atom is -0.457 e. The van der Waals surface area contributed by atoms with Gasteiger partial charge >= 0.3 is 0 Å². The summed E-state index contributed by atoms with van der Waals surface area (Å²) in [6.45, 7) is 0. The molecular weight excluding hydrogens is 434 g/mol. The number of rotatable bonds is 4. The molecule has 0 amide bonds. The van der Waals surface area contributed by atoms with Crippen molar-refractivity contribution in [2.75, 3.05) is 6.26 Å². The quantitative estimate of drug-likeness (QED) is 0.418. The van der Waals surface area contributed by atoms with E-state index in [2.05, 4.69) is 9.97 Å². The van der Waals surface area contributed by atoms with Crippen molar-refractivity contribution < 1.29 is 21.9 Å². The molecule has 0 aliphatic rings. The highest BCUT2D eigenvalue weighted by atomic mass is 35.5. The van der Waals surface area contributed by atoms with Crippen LogP contribution in [0.5, 0.6) is 11.5 Å². The number of benzene rings is 3. The predicted octanol–water partition coefficient (Wildman–Crippen LogP) is 5.42. The molecule has 9 heteroatoms. The number of fused-ring (bicyclic) bond motifs is 1. The second-order valence-electron chi connectivity index (χ2n) is 6.50. The minimum atomic E-state index is -3.64. The number of hydrogen-bond donors (Lipinski definition) is 0. The minimum absolute atomic E-state index is 0.0384. The van der Waals surface area contributed by atoms with Crippen LogP contribution < -0.4 is 4.74 Å². The summed E-state index contributed by atoms with van der Waals surface area (Å²) in [5.41, 5.74) is 0.904. The zero-order valence-corrected chi connectivity index (χ0v) is 17.0. The van der Waals surface area contributed by atoms with Gasteiger partial charge in [-0.25, -0.2) is 27.2 Å². The first-order valence-electron chi connectivity index (χ1n) is 8.60. The molecule has 4 aromatic rings. The summed E-state index contributed by atoms with van der Waals surface area (Å²) in [6.07, 6.45) is 2.24. The maximum atomic E-state index is 14.6. The van der Waals surface area contributed by atoms with E-state index in [1.165, 1.54) is 30.6 Å². The molecule has 3 aromatic carbocycles. The highest BCUT2D eigenvalue weighted by Crippen LogP contribution is 2.34. The lowest BCUT2D eigenvalue weighted by molar-refractivity contribution is 0.472. The van der Waals surface area contributed by atoms with E-state index >= 15 is 0 Å². The zero-order chi connectivity index (χ0) is 21.5. The average Bonchev–Trinajstić information content (AvgIpc) is 2.68. The molecule has 0 saturated carbocycles. The Hall–Kier alpha value is -3.10. The number of aromatic nitrogens is 2. The summed E-state index contributed by atoms with van der Waals surface area (Å²) in [5.74, 6) is -1.20. The second-order valence-corrected chi connectivity index (χ2v) is 8.92. The largest absolute Gasteiger partial charge is 0.457 e. The third kappa shape index (κ3) is 3.96. The number of sulfone groups is 1. The van der Waals surface area contributed by atoms with E-state index in [-0.39, 0.29) is 22.0 Å². The Morgan fingerprint density at radius 1 is 0.967 bits per heavy atom. The smallest absolute Gasteiger partial charge is 0.175 e. The first kappa shape index (κ1) is 20.2. The van der Waals surface area contributed by atoms with Crippen LogP contribution in [0.4, 0.5) is 8.78 Å². The van der Waals surface area contributed by atoms with E-state index in [1.54, 1.807) is 18.2 Å². The Labute approximate surface area is 175 Å². The molecule has 0 atom stereocenters. The van der Waals surface area contributed by atoms with Gasteiger partial charge in [0.1, 0.15) is 29.5 Å². The molecular formula is C21H13ClF2N2O3S. The monoisotopic (exact) mass is 446 g/mol. The van der Waals surface area contributed by atoms with Gasteiger partial charge in [-0.05, 0) is 36.4 Å². The maximum Gasteiger partial charge on any atom is 0.175 e. The number of halogens is 3. The molecule has 0 unspecified atom stereocenters. The third-order valence-electron chi connectivity index (χ3n) is 4.32. The van der Waals surface area contributed by atoms with E-state index in [4.69, 9.17) is 16.3 Å². The molecule has 4 rings (SSSR count). The van der Waals surface area contributed by atoms with Crippen molar-refractivity contribution in [2.45, 2.75) is 4.90 Å². The standard InChI is InChI=1S/C21H13ClF2N2O3S/c1-30(27,28)15-8-12(23)7-14(9-15)29-13-5-6-19(24)17(10-13)20-16-3-2-4-18(22)21(16)26-11-25-20/h2-11H,1H3. The van der Waals surface area contributed by atoms with Gasteiger partial charge in [-0.1, -0.05) is 23.7 Å². The van der Waals surface area contributed by atoms with Crippen LogP contribution in [0, 0.1) is 11.6 Å². The van der Waals surface area contributed by atoms with Crippen molar-refractivity contribution in [3.63, 3.8) is 0 Å². The Morgan fingerprint density at radius 2 is 1.77 bits per heavy atom. The number of hydrogen-bond acceptors (Lipinski definition) is 5. The van der Waals surface area contributed by atoms with E-state index in [0.717, 1.165) is 18.4 Å². The molecule has 152 valence electrons. The van der Waals surface area contributed by atoms with E-state index in [0.29, 0.717) is 21.6 Å². The topological polar surface area (TPSA) is 69.2 Å². The predicted molar refractivity (Wildman–Crippen MR) is 110 cm³/mol. The van der Waals surface area contributed by atoms with Crippen molar-refractivity contribution in [1.29, 1.82) is 0 Å². The molecule has 30 heavy (non-hydrogen) atoms. The molecule has 1 aromatic heterocycles. The van der Waals surface area contributed by atoms with Crippen molar-refractivity contribution >= 4 is 32.3 Å². The van der Waals surface area contributed by atoms with Gasteiger partial charge in [0.15, 0.2) is 9.84 Å². The van der Waals surface area contributed by atoms with Crippen LogP contribution >= 0.6 is 11.6 Å². The van der Waals surface area contributed by atoms with E-state index < -0.39 is 21.5 Å². The fraction of sp³-hybridized carbons (Fsp3) is 0.0476. The maximum absolute atomic E-state index is 14.6. The van der Waals surface area contributed by atoms with Crippen LogP contribution in [0.3, 0.4) is 0 Å². The number of nitrogens with zero attached hydrogens (tertiary/aromatic N) is 2. The Morgan fingerprint density at radius 3 is 2.53 bits per heavy atom. The SMILES string of the molecule is CS(=O)(=O)c1cc(F)cc(Oc2ccc(F)c(-c3ncnc4c(Cl)cccc34)c2)c1. The molecule has 0 N–H and O–H groups in total. The lowest BCUT2D eigenvalue weighted by atomic mass is 10.1. The summed E-state index contributed by atoms with van der Waals surface area (Å²) in [6, 6.07) is 12.1. The Kier molecular flexibility index (Phi) is 5.13. The van der Waals surface area contributed by atoms with Crippen molar-refractivity contribution in [2.24, 2.45) is 0 Å². The summed E-state index contributed by atoms with van der Waals surface area (Å²) < 4.78 is 57.5.